The number of carboxylic acids is 1. The van der Waals surface area contributed by atoms with E-state index in [2.05, 4.69) is 4.98 Å². The topological polar surface area (TPSA) is 111 Å². The number of nitrogens with one attached hydrogen (secondary N) is 1. The molecule has 4 rings (SSSR count). The van der Waals surface area contributed by atoms with Crippen LogP contribution in [0, 0.1) is 17.5 Å². The molecule has 0 radical (unpaired) electrons. The second-order valence-corrected chi connectivity index (χ2v) is 9.34. The van der Waals surface area contributed by atoms with Crippen molar-refractivity contribution in [1.82, 2.24) is 9.55 Å². The molecule has 38 heavy (non-hydrogen) atoms. The van der Waals surface area contributed by atoms with Gasteiger partial charge in [-0.3, -0.25) is 4.79 Å². The summed E-state index contributed by atoms with van der Waals surface area (Å²) < 4.78 is 93.0. The molecule has 0 aliphatic carbocycles. The third-order valence-corrected chi connectivity index (χ3v) is 6.81. The molecule has 16 heteroatoms. The number of aromatic carboxylic acids is 1. The first-order chi connectivity index (χ1) is 17.8. The summed E-state index contributed by atoms with van der Waals surface area (Å²) in [6, 6.07) is 2.73. The molecular formula is C22H12F6N2O6S2. The number of ether oxygens (including phenoxy) is 2. The smallest absolute Gasteiger partial charge is 0.446 e. The molecule has 0 aliphatic rings. The van der Waals surface area contributed by atoms with Crippen LogP contribution in [0.4, 0.5) is 26.3 Å². The van der Waals surface area contributed by atoms with E-state index in [1.54, 1.807) is 0 Å². The van der Waals surface area contributed by atoms with Gasteiger partial charge in [0.1, 0.15) is 28.8 Å². The van der Waals surface area contributed by atoms with Crippen LogP contribution in [0.2, 0.25) is 0 Å². The highest BCUT2D eigenvalue weighted by atomic mass is 32.2. The lowest BCUT2D eigenvalue weighted by Crippen LogP contribution is -2.34. The van der Waals surface area contributed by atoms with Crippen LogP contribution < -0.4 is 20.7 Å². The Kier molecular flexibility index (Phi) is 7.20. The number of alkyl halides is 3. The fourth-order valence-electron chi connectivity index (χ4n) is 3.48. The average Bonchev–Trinajstić information content (AvgIpc) is 3.25. The number of H-pyrrole nitrogens is 1. The Balaban J connectivity index is 1.90. The van der Waals surface area contributed by atoms with Crippen molar-refractivity contribution in [3.05, 3.63) is 78.4 Å². The highest BCUT2D eigenvalue weighted by Crippen LogP contribution is 2.43. The molecule has 4 aromatic rings. The second-order valence-electron chi connectivity index (χ2n) is 7.36. The molecule has 2 aromatic heterocycles. The molecule has 0 unspecified atom stereocenters. The van der Waals surface area contributed by atoms with Crippen molar-refractivity contribution in [1.29, 1.82) is 0 Å². The monoisotopic (exact) mass is 578 g/mol. The van der Waals surface area contributed by atoms with Gasteiger partial charge in [-0.25, -0.2) is 27.3 Å². The molecule has 0 aliphatic heterocycles. The zero-order chi connectivity index (χ0) is 27.9. The summed E-state index contributed by atoms with van der Waals surface area (Å²) in [6.07, 6.45) is 0. The number of fused-ring (bicyclic) bond motifs is 1. The fraction of sp³-hybridized carbons (Fsp3) is 0.136. The molecule has 8 nitrogen and oxygen atoms in total. The van der Waals surface area contributed by atoms with Crippen LogP contribution in [-0.4, -0.2) is 33.2 Å². The van der Waals surface area contributed by atoms with Crippen LogP contribution in [0.15, 0.2) is 44.1 Å². The maximum Gasteiger partial charge on any atom is 0.446 e. The van der Waals surface area contributed by atoms with Crippen molar-refractivity contribution in [2.45, 2.75) is 17.0 Å². The number of thiophene rings is 1. The first kappa shape index (κ1) is 27.1. The van der Waals surface area contributed by atoms with E-state index in [9.17, 15) is 41.4 Å². The summed E-state index contributed by atoms with van der Waals surface area (Å²) in [7, 11) is 1.13. The van der Waals surface area contributed by atoms with E-state index in [1.807, 2.05) is 0 Å². The van der Waals surface area contributed by atoms with Crippen LogP contribution in [0.1, 0.15) is 15.2 Å². The van der Waals surface area contributed by atoms with Crippen molar-refractivity contribution in [2.24, 2.45) is 0 Å². The maximum atomic E-state index is 15.0. The van der Waals surface area contributed by atoms with Gasteiger partial charge in [0.15, 0.2) is 11.6 Å². The number of halogens is 6. The van der Waals surface area contributed by atoms with E-state index < -0.39 is 90.7 Å². The lowest BCUT2D eigenvalue weighted by Gasteiger charge is -2.17. The van der Waals surface area contributed by atoms with Gasteiger partial charge in [-0.2, -0.15) is 13.2 Å². The van der Waals surface area contributed by atoms with Crippen LogP contribution in [0.3, 0.4) is 0 Å². The second kappa shape index (κ2) is 10.1. The van der Waals surface area contributed by atoms with Gasteiger partial charge in [0.05, 0.1) is 34.2 Å². The first-order valence-corrected chi connectivity index (χ1v) is 11.7. The van der Waals surface area contributed by atoms with Gasteiger partial charge in [-0.05, 0) is 30.0 Å². The van der Waals surface area contributed by atoms with E-state index in [4.69, 9.17) is 9.47 Å². The Morgan fingerprint density at radius 1 is 1.13 bits per heavy atom. The Morgan fingerprint density at radius 2 is 1.84 bits per heavy atom. The Hall–Kier alpha value is -3.92. The number of rotatable bonds is 7. The summed E-state index contributed by atoms with van der Waals surface area (Å²) in [4.78, 5) is 38.0. The number of nitrogens with zero attached hydrogens (tertiary/aromatic N) is 1. The molecule has 0 bridgehead atoms. The lowest BCUT2D eigenvalue weighted by atomic mass is 10.2. The predicted molar refractivity (Wildman–Crippen MR) is 124 cm³/mol. The predicted octanol–water partition coefficient (Wildman–Crippen LogP) is 5.06. The molecule has 0 saturated carbocycles. The third-order valence-electron chi connectivity index (χ3n) is 5.07. The van der Waals surface area contributed by atoms with Crippen molar-refractivity contribution in [3.8, 4) is 17.2 Å². The number of hydrogen-bond donors (Lipinski definition) is 2. The highest BCUT2D eigenvalue weighted by molar-refractivity contribution is 8.00. The molecule has 0 saturated heterocycles. The van der Waals surface area contributed by atoms with Crippen LogP contribution in [0.25, 0.3) is 16.6 Å². The number of thioether (sulfide) groups is 1. The summed E-state index contributed by atoms with van der Waals surface area (Å²) in [5.74, 6) is -6.62. The number of carbonyl (C=O) groups is 1. The van der Waals surface area contributed by atoms with Gasteiger partial charge in [0, 0.05) is 11.4 Å². The number of aromatic nitrogens is 2. The summed E-state index contributed by atoms with van der Waals surface area (Å²) in [5.41, 5.74) is -8.96. The summed E-state index contributed by atoms with van der Waals surface area (Å²) in [6.45, 7) is -0.888. The Bertz CT molecular complexity index is 1700. The normalized spacial score (nSPS) is 11.7. The van der Waals surface area contributed by atoms with Gasteiger partial charge < -0.3 is 19.6 Å². The van der Waals surface area contributed by atoms with Gasteiger partial charge in [-0.1, -0.05) is 0 Å². The van der Waals surface area contributed by atoms with E-state index in [0.717, 1.165) is 19.2 Å². The van der Waals surface area contributed by atoms with Crippen molar-refractivity contribution in [3.63, 3.8) is 0 Å². The molecule has 0 atom stereocenters. The zero-order valence-corrected chi connectivity index (χ0v) is 20.2. The molecule has 2 N–H and O–H groups in total. The minimum atomic E-state index is -4.94. The number of methoxy groups -OCH3 is 1. The zero-order valence-electron chi connectivity index (χ0n) is 18.6. The maximum absolute atomic E-state index is 15.0. The first-order valence-electron chi connectivity index (χ1n) is 10.1. The van der Waals surface area contributed by atoms with Crippen molar-refractivity contribution in [2.75, 3.05) is 7.11 Å². The largest absolute Gasteiger partial charge is 0.496 e. The molecule has 0 spiro atoms. The van der Waals surface area contributed by atoms with Gasteiger partial charge in [-0.15, -0.1) is 11.3 Å². The Labute approximate surface area is 215 Å². The molecule has 2 heterocycles. The molecule has 2 aromatic carbocycles. The van der Waals surface area contributed by atoms with Crippen LogP contribution in [-0.2, 0) is 6.61 Å². The van der Waals surface area contributed by atoms with Gasteiger partial charge >= 0.3 is 17.2 Å². The van der Waals surface area contributed by atoms with Gasteiger partial charge in [0.2, 0.25) is 0 Å². The van der Waals surface area contributed by atoms with E-state index >= 15 is 4.39 Å². The average molecular weight is 578 g/mol. The molecule has 0 fully saturated rings. The quantitative estimate of drug-likeness (QED) is 0.233. The molecule has 200 valence electrons. The Morgan fingerprint density at radius 3 is 2.47 bits per heavy atom. The highest BCUT2D eigenvalue weighted by Gasteiger charge is 2.32. The van der Waals surface area contributed by atoms with Crippen LogP contribution in [0.5, 0.6) is 11.5 Å². The molecule has 0 amide bonds. The number of hydrogen-bond acceptors (Lipinski definition) is 7. The van der Waals surface area contributed by atoms with E-state index in [1.165, 1.54) is 5.38 Å². The van der Waals surface area contributed by atoms with Crippen molar-refractivity contribution < 1.29 is 45.7 Å². The minimum Gasteiger partial charge on any atom is -0.496 e. The van der Waals surface area contributed by atoms with E-state index in [-0.39, 0.29) is 15.8 Å². The standard InChI is InChI=1S/C22H12F6N2O6S2/c1-35-13-3-2-9(23)17(25)8(13)6-36-14-5-12(10(24)4-15(14)38-22(26,27)28)30-19(31)16-11(29-21(30)34)7-37-18(16)20(32)33/h2-5,7H,6H2,1H3,(H,29,34)(H,32,33). The number of aromatic amines is 1. The third kappa shape index (κ3) is 5.08. The van der Waals surface area contributed by atoms with Gasteiger partial charge in [0.25, 0.3) is 5.56 Å². The summed E-state index contributed by atoms with van der Waals surface area (Å²) in [5, 5.41) is 10.0. The fourth-order valence-corrected chi connectivity index (χ4v) is 4.94. The van der Waals surface area contributed by atoms with E-state index in [0.29, 0.717) is 23.5 Å². The number of benzene rings is 2. The van der Waals surface area contributed by atoms with Crippen molar-refractivity contribution >= 4 is 40.0 Å². The molecular weight excluding hydrogens is 566 g/mol. The lowest BCUT2D eigenvalue weighted by molar-refractivity contribution is -0.0329. The SMILES string of the molecule is COc1ccc(F)c(F)c1COc1cc(-n2c(=O)[nH]c3csc(C(=O)O)c3c2=O)c(F)cc1SC(F)(F)F. The summed E-state index contributed by atoms with van der Waals surface area (Å²) >= 11 is -0.179. The van der Waals surface area contributed by atoms with Crippen LogP contribution >= 0.6 is 23.1 Å². The minimum absolute atomic E-state index is 0.145. The number of carboxylic acid groups (broad SMARTS) is 1.